The SMILES string of the molecule is O=C1CC(=O)N(c2ccc3c(c2)OCCO3)C(=O)N1. The van der Waals surface area contributed by atoms with Gasteiger partial charge in [0.1, 0.15) is 19.6 Å². The van der Waals surface area contributed by atoms with Crippen molar-refractivity contribution in [2.45, 2.75) is 6.42 Å². The van der Waals surface area contributed by atoms with Crippen LogP contribution in [0.25, 0.3) is 0 Å². The molecule has 1 saturated heterocycles. The van der Waals surface area contributed by atoms with Crippen LogP contribution >= 0.6 is 0 Å². The van der Waals surface area contributed by atoms with Gasteiger partial charge in [-0.3, -0.25) is 14.9 Å². The number of benzene rings is 1. The van der Waals surface area contributed by atoms with E-state index >= 15 is 0 Å². The van der Waals surface area contributed by atoms with E-state index in [9.17, 15) is 14.4 Å². The Hall–Kier alpha value is -2.57. The van der Waals surface area contributed by atoms with Crippen molar-refractivity contribution in [2.24, 2.45) is 0 Å². The van der Waals surface area contributed by atoms with Crippen molar-refractivity contribution in [3.63, 3.8) is 0 Å². The second-order valence-electron chi connectivity index (χ2n) is 4.09. The van der Waals surface area contributed by atoms with Crippen molar-refractivity contribution >= 4 is 23.5 Å². The van der Waals surface area contributed by atoms with Gasteiger partial charge in [-0.25, -0.2) is 9.69 Å². The molecular formula is C12H10N2O5. The smallest absolute Gasteiger partial charge is 0.335 e. The van der Waals surface area contributed by atoms with E-state index in [1.54, 1.807) is 18.2 Å². The Morgan fingerprint density at radius 2 is 1.79 bits per heavy atom. The lowest BCUT2D eigenvalue weighted by Gasteiger charge is -2.26. The number of hydrogen-bond donors (Lipinski definition) is 1. The first-order valence-electron chi connectivity index (χ1n) is 5.71. The maximum Gasteiger partial charge on any atom is 0.335 e. The van der Waals surface area contributed by atoms with Crippen LogP contribution in [-0.4, -0.2) is 31.1 Å². The Morgan fingerprint density at radius 1 is 1.05 bits per heavy atom. The monoisotopic (exact) mass is 262 g/mol. The van der Waals surface area contributed by atoms with E-state index in [-0.39, 0.29) is 6.42 Å². The summed E-state index contributed by atoms with van der Waals surface area (Å²) in [5.74, 6) is -0.119. The minimum atomic E-state index is -0.752. The highest BCUT2D eigenvalue weighted by molar-refractivity contribution is 6.26. The van der Waals surface area contributed by atoms with Crippen LogP contribution in [0.4, 0.5) is 10.5 Å². The maximum atomic E-state index is 11.8. The molecule has 7 nitrogen and oxygen atoms in total. The lowest BCUT2D eigenvalue weighted by atomic mass is 10.2. The van der Waals surface area contributed by atoms with Crippen molar-refractivity contribution in [1.29, 1.82) is 0 Å². The number of carbonyl (C=O) groups excluding carboxylic acids is 3. The van der Waals surface area contributed by atoms with Gasteiger partial charge in [-0.1, -0.05) is 0 Å². The third kappa shape index (κ3) is 1.99. The first-order chi connectivity index (χ1) is 9.15. The Labute approximate surface area is 108 Å². The predicted molar refractivity (Wildman–Crippen MR) is 63.1 cm³/mol. The second kappa shape index (κ2) is 4.27. The van der Waals surface area contributed by atoms with Gasteiger partial charge in [0.2, 0.25) is 11.8 Å². The third-order valence-corrected chi connectivity index (χ3v) is 2.79. The zero-order chi connectivity index (χ0) is 13.4. The molecule has 3 rings (SSSR count). The van der Waals surface area contributed by atoms with Crippen molar-refractivity contribution in [1.82, 2.24) is 5.32 Å². The molecule has 0 saturated carbocycles. The Bertz CT molecular complexity index is 563. The van der Waals surface area contributed by atoms with Crippen LogP contribution in [0.2, 0.25) is 0 Å². The molecular weight excluding hydrogens is 252 g/mol. The summed E-state index contributed by atoms with van der Waals surface area (Å²) >= 11 is 0. The molecule has 7 heteroatoms. The normalized spacial score (nSPS) is 18.3. The minimum absolute atomic E-state index is 0.347. The van der Waals surface area contributed by atoms with Gasteiger partial charge in [-0.2, -0.15) is 0 Å². The molecule has 19 heavy (non-hydrogen) atoms. The van der Waals surface area contributed by atoms with Crippen LogP contribution in [0, 0.1) is 0 Å². The number of fused-ring (bicyclic) bond motifs is 1. The maximum absolute atomic E-state index is 11.8. The number of ether oxygens (including phenoxy) is 2. The number of carbonyl (C=O) groups is 3. The highest BCUT2D eigenvalue weighted by Gasteiger charge is 2.32. The summed E-state index contributed by atoms with van der Waals surface area (Å²) in [6, 6.07) is 3.99. The number of nitrogens with zero attached hydrogens (tertiary/aromatic N) is 1. The van der Waals surface area contributed by atoms with E-state index in [1.165, 1.54) is 0 Å². The Morgan fingerprint density at radius 3 is 2.53 bits per heavy atom. The fraction of sp³-hybridized carbons (Fsp3) is 0.250. The average molecular weight is 262 g/mol. The largest absolute Gasteiger partial charge is 0.486 e. The molecule has 0 aromatic heterocycles. The number of rotatable bonds is 1. The van der Waals surface area contributed by atoms with E-state index < -0.39 is 17.8 Å². The number of urea groups is 1. The van der Waals surface area contributed by atoms with Gasteiger partial charge in [-0.15, -0.1) is 0 Å². The summed E-state index contributed by atoms with van der Waals surface area (Å²) in [6.07, 6.45) is -0.347. The van der Waals surface area contributed by atoms with Gasteiger partial charge < -0.3 is 9.47 Å². The van der Waals surface area contributed by atoms with Gasteiger partial charge in [0, 0.05) is 6.07 Å². The first kappa shape index (κ1) is 11.5. The van der Waals surface area contributed by atoms with Crippen LogP contribution < -0.4 is 19.7 Å². The molecule has 4 amide bonds. The molecule has 1 N–H and O–H groups in total. The van der Waals surface area contributed by atoms with Gasteiger partial charge >= 0.3 is 6.03 Å². The van der Waals surface area contributed by atoms with Crippen LogP contribution in [0.5, 0.6) is 11.5 Å². The summed E-state index contributed by atoms with van der Waals surface area (Å²) in [4.78, 5) is 35.4. The first-order valence-corrected chi connectivity index (χ1v) is 5.71. The summed E-state index contributed by atoms with van der Waals surface area (Å²) in [5, 5.41) is 2.09. The highest BCUT2D eigenvalue weighted by atomic mass is 16.6. The number of nitrogens with one attached hydrogen (secondary N) is 1. The van der Waals surface area contributed by atoms with Gasteiger partial charge in [-0.05, 0) is 12.1 Å². The van der Waals surface area contributed by atoms with E-state index in [1.807, 2.05) is 0 Å². The minimum Gasteiger partial charge on any atom is -0.486 e. The molecule has 2 heterocycles. The van der Waals surface area contributed by atoms with Crippen molar-refractivity contribution in [3.05, 3.63) is 18.2 Å². The fourth-order valence-corrected chi connectivity index (χ4v) is 1.98. The third-order valence-electron chi connectivity index (χ3n) is 2.79. The lowest BCUT2D eigenvalue weighted by molar-refractivity contribution is -0.128. The standard InChI is InChI=1S/C12H10N2O5/c15-10-6-11(16)14(12(17)13-10)7-1-2-8-9(5-7)19-4-3-18-8/h1-2,5H,3-4,6H2,(H,13,15,17). The number of anilines is 1. The molecule has 1 fully saturated rings. The molecule has 0 bridgehead atoms. The number of hydrogen-bond acceptors (Lipinski definition) is 5. The fourth-order valence-electron chi connectivity index (χ4n) is 1.98. The zero-order valence-corrected chi connectivity index (χ0v) is 9.84. The van der Waals surface area contributed by atoms with E-state index in [4.69, 9.17) is 9.47 Å². The molecule has 0 aliphatic carbocycles. The highest BCUT2D eigenvalue weighted by Crippen LogP contribution is 2.34. The van der Waals surface area contributed by atoms with Crippen LogP contribution in [-0.2, 0) is 9.59 Å². The Balaban J connectivity index is 1.95. The molecule has 0 unspecified atom stereocenters. The van der Waals surface area contributed by atoms with Crippen molar-refractivity contribution in [2.75, 3.05) is 18.1 Å². The van der Waals surface area contributed by atoms with E-state index in [2.05, 4.69) is 5.32 Å². The number of barbiturate groups is 1. The predicted octanol–water partition coefficient (Wildman–Crippen LogP) is 0.431. The van der Waals surface area contributed by atoms with Crippen molar-refractivity contribution < 1.29 is 23.9 Å². The zero-order valence-electron chi connectivity index (χ0n) is 9.84. The van der Waals surface area contributed by atoms with Gasteiger partial charge in [0.25, 0.3) is 0 Å². The quantitative estimate of drug-likeness (QED) is 0.742. The van der Waals surface area contributed by atoms with Gasteiger partial charge in [0.05, 0.1) is 5.69 Å². The molecule has 1 aromatic carbocycles. The summed E-state index contributed by atoms with van der Waals surface area (Å²) < 4.78 is 10.7. The Kier molecular flexibility index (Phi) is 2.59. The van der Waals surface area contributed by atoms with Gasteiger partial charge in [0.15, 0.2) is 11.5 Å². The van der Waals surface area contributed by atoms with Crippen LogP contribution in [0.15, 0.2) is 18.2 Å². The summed E-state index contributed by atoms with van der Waals surface area (Å²) in [5.41, 5.74) is 0.347. The number of imide groups is 2. The molecule has 2 aliphatic heterocycles. The lowest BCUT2D eigenvalue weighted by Crippen LogP contribution is -2.52. The number of amides is 4. The molecule has 0 spiro atoms. The topological polar surface area (TPSA) is 84.9 Å². The molecule has 1 aromatic rings. The molecule has 0 radical (unpaired) electrons. The summed E-state index contributed by atoms with van der Waals surface area (Å²) in [6.45, 7) is 0.874. The molecule has 0 atom stereocenters. The van der Waals surface area contributed by atoms with Crippen LogP contribution in [0.1, 0.15) is 6.42 Å². The molecule has 98 valence electrons. The van der Waals surface area contributed by atoms with E-state index in [0.717, 1.165) is 4.90 Å². The average Bonchev–Trinajstić information content (AvgIpc) is 2.37. The van der Waals surface area contributed by atoms with Crippen LogP contribution in [0.3, 0.4) is 0 Å². The van der Waals surface area contributed by atoms with Crippen molar-refractivity contribution in [3.8, 4) is 11.5 Å². The summed E-state index contributed by atoms with van der Waals surface area (Å²) in [7, 11) is 0. The second-order valence-corrected chi connectivity index (χ2v) is 4.09. The molecule has 2 aliphatic rings. The van der Waals surface area contributed by atoms with E-state index in [0.29, 0.717) is 30.4 Å².